The second-order valence-electron chi connectivity index (χ2n) is 8.92. The molecule has 0 radical (unpaired) electrons. The van der Waals surface area contributed by atoms with E-state index in [2.05, 4.69) is 32.3 Å². The Kier molecular flexibility index (Phi) is 7.72. The van der Waals surface area contributed by atoms with Crippen molar-refractivity contribution in [3.63, 3.8) is 0 Å². The van der Waals surface area contributed by atoms with E-state index in [4.69, 9.17) is 9.57 Å². The van der Waals surface area contributed by atoms with E-state index >= 15 is 0 Å². The molecule has 1 atom stereocenters. The van der Waals surface area contributed by atoms with Crippen LogP contribution in [0.2, 0.25) is 0 Å². The normalized spacial score (nSPS) is 18.9. The fraction of sp³-hybridized carbons (Fsp3) is 0.520. The summed E-state index contributed by atoms with van der Waals surface area (Å²) in [6.45, 7) is 7.59. The molecule has 2 aliphatic heterocycles. The summed E-state index contributed by atoms with van der Waals surface area (Å²) in [4.78, 5) is 29.7. The molecule has 0 aliphatic carbocycles. The van der Waals surface area contributed by atoms with E-state index in [1.165, 1.54) is 26.0 Å². The Morgan fingerprint density at radius 2 is 2.06 bits per heavy atom. The highest BCUT2D eigenvalue weighted by Gasteiger charge is 2.28. The molecule has 9 heteroatoms. The molecule has 1 aromatic carbocycles. The van der Waals surface area contributed by atoms with Crippen molar-refractivity contribution < 1.29 is 18.8 Å². The molecule has 1 amide bonds. The van der Waals surface area contributed by atoms with Crippen molar-refractivity contribution in [3.8, 4) is 5.75 Å². The predicted molar refractivity (Wildman–Crippen MR) is 126 cm³/mol. The second kappa shape index (κ2) is 10.9. The molecule has 182 valence electrons. The van der Waals surface area contributed by atoms with Crippen molar-refractivity contribution >= 4 is 11.6 Å². The first kappa shape index (κ1) is 24.1. The van der Waals surface area contributed by atoms with Gasteiger partial charge in [-0.3, -0.25) is 4.79 Å². The zero-order valence-electron chi connectivity index (χ0n) is 20.0. The number of carbonyl (C=O) groups is 1. The number of aromatic nitrogens is 2. The molecule has 2 aliphatic rings. The Hall–Kier alpha value is -3.07. The van der Waals surface area contributed by atoms with Gasteiger partial charge in [0.2, 0.25) is 0 Å². The quantitative estimate of drug-likeness (QED) is 0.637. The smallest absolute Gasteiger partial charge is 0.270 e. The monoisotopic (exact) mass is 469 g/mol. The minimum atomic E-state index is -0.446. The van der Waals surface area contributed by atoms with E-state index in [0.29, 0.717) is 23.9 Å². The average molecular weight is 470 g/mol. The van der Waals surface area contributed by atoms with Crippen molar-refractivity contribution in [2.24, 2.45) is 11.1 Å². The molecule has 3 heterocycles. The molecular weight excluding hydrogens is 437 g/mol. The molecule has 1 aromatic heterocycles. The highest BCUT2D eigenvalue weighted by molar-refractivity contribution is 6.01. The van der Waals surface area contributed by atoms with E-state index in [9.17, 15) is 9.18 Å². The summed E-state index contributed by atoms with van der Waals surface area (Å²) in [5.74, 6) is 0.494. The highest BCUT2D eigenvalue weighted by atomic mass is 19.1. The van der Waals surface area contributed by atoms with Crippen molar-refractivity contribution in [3.05, 3.63) is 52.9 Å². The van der Waals surface area contributed by atoms with E-state index in [0.717, 1.165) is 37.3 Å². The number of methoxy groups -OCH3 is 1. The van der Waals surface area contributed by atoms with Gasteiger partial charge in [-0.25, -0.2) is 14.4 Å². The van der Waals surface area contributed by atoms with Crippen LogP contribution in [0.15, 0.2) is 29.4 Å². The van der Waals surface area contributed by atoms with Gasteiger partial charge in [-0.15, -0.1) is 0 Å². The Balaban J connectivity index is 1.35. The van der Waals surface area contributed by atoms with Crippen LogP contribution in [-0.2, 0) is 11.4 Å². The Labute approximate surface area is 199 Å². The van der Waals surface area contributed by atoms with Crippen LogP contribution >= 0.6 is 0 Å². The third-order valence-electron chi connectivity index (χ3n) is 6.52. The molecule has 0 bridgehead atoms. The molecule has 34 heavy (non-hydrogen) atoms. The number of oxime groups is 1. The molecule has 1 unspecified atom stereocenters. The Bertz CT molecular complexity index is 1050. The number of nitrogens with zero attached hydrogens (tertiary/aromatic N) is 4. The summed E-state index contributed by atoms with van der Waals surface area (Å²) in [5.41, 5.74) is 2.34. The highest BCUT2D eigenvalue weighted by Crippen LogP contribution is 2.27. The van der Waals surface area contributed by atoms with Crippen molar-refractivity contribution in [1.82, 2.24) is 20.2 Å². The lowest BCUT2D eigenvalue weighted by atomic mass is 9.89. The molecular formula is C25H32FN5O3. The first-order chi connectivity index (χ1) is 16.4. The van der Waals surface area contributed by atoms with Gasteiger partial charge < -0.3 is 19.8 Å². The minimum absolute atomic E-state index is 0.0502. The Morgan fingerprint density at radius 3 is 2.79 bits per heavy atom. The molecule has 1 fully saturated rings. The Morgan fingerprint density at radius 1 is 1.26 bits per heavy atom. The maximum atomic E-state index is 13.6. The van der Waals surface area contributed by atoms with Gasteiger partial charge in [-0.2, -0.15) is 0 Å². The zero-order valence-corrected chi connectivity index (χ0v) is 20.0. The number of hydrogen-bond acceptors (Lipinski definition) is 7. The van der Waals surface area contributed by atoms with Gasteiger partial charge in [0.15, 0.2) is 11.6 Å². The fourth-order valence-electron chi connectivity index (χ4n) is 4.54. The van der Waals surface area contributed by atoms with E-state index in [1.807, 2.05) is 0 Å². The van der Waals surface area contributed by atoms with Crippen molar-refractivity contribution in [1.29, 1.82) is 0 Å². The zero-order chi connectivity index (χ0) is 24.1. The van der Waals surface area contributed by atoms with Crippen molar-refractivity contribution in [2.45, 2.75) is 52.2 Å². The number of nitrogens with one attached hydrogen (secondary N) is 1. The largest absolute Gasteiger partial charge is 0.494 e. The molecule has 2 aromatic rings. The molecule has 1 N–H and O–H groups in total. The molecule has 1 saturated heterocycles. The summed E-state index contributed by atoms with van der Waals surface area (Å²) in [6, 6.07) is 6.13. The number of halogens is 1. The number of aryl methyl sites for hydroxylation is 1. The number of rotatable bonds is 8. The summed E-state index contributed by atoms with van der Waals surface area (Å²) < 4.78 is 18.6. The number of benzene rings is 1. The van der Waals surface area contributed by atoms with Gasteiger partial charge in [0, 0.05) is 13.0 Å². The van der Waals surface area contributed by atoms with Crippen LogP contribution in [-0.4, -0.2) is 59.3 Å². The SMILES string of the molecule is CCN1CCC(CC2CC(c3cc(C(=O)NCc4ccc(F)c(OC)c4)nc(C)n3)=NO2)CC1. The van der Waals surface area contributed by atoms with Gasteiger partial charge in [0.1, 0.15) is 23.3 Å². The summed E-state index contributed by atoms with van der Waals surface area (Å²) >= 11 is 0. The van der Waals surface area contributed by atoms with Crippen LogP contribution in [0.1, 0.15) is 60.2 Å². The fourth-order valence-corrected chi connectivity index (χ4v) is 4.54. The number of piperidine rings is 1. The number of hydrogen-bond donors (Lipinski definition) is 1. The number of amides is 1. The molecule has 0 spiro atoms. The molecule has 4 rings (SSSR count). The summed E-state index contributed by atoms with van der Waals surface area (Å²) in [6.07, 6.45) is 4.11. The van der Waals surface area contributed by atoms with Crippen LogP contribution in [0.5, 0.6) is 5.75 Å². The van der Waals surface area contributed by atoms with E-state index in [-0.39, 0.29) is 30.0 Å². The predicted octanol–water partition coefficient (Wildman–Crippen LogP) is 3.48. The topological polar surface area (TPSA) is 88.9 Å². The summed E-state index contributed by atoms with van der Waals surface area (Å²) in [7, 11) is 1.40. The first-order valence-corrected chi connectivity index (χ1v) is 11.9. The van der Waals surface area contributed by atoms with Crippen LogP contribution in [0.4, 0.5) is 4.39 Å². The van der Waals surface area contributed by atoms with Gasteiger partial charge in [-0.05, 0) is 75.5 Å². The molecule has 8 nitrogen and oxygen atoms in total. The van der Waals surface area contributed by atoms with Crippen molar-refractivity contribution in [2.75, 3.05) is 26.7 Å². The maximum absolute atomic E-state index is 13.6. The lowest BCUT2D eigenvalue weighted by Crippen LogP contribution is -2.34. The standard InChI is InChI=1S/C25H32FN5O3/c1-4-31-9-7-17(8-10-31)11-19-13-22(30-34-19)21-14-23(29-16(2)28-21)25(32)27-15-18-5-6-20(26)24(12-18)33-3/h5-6,12,14,17,19H,4,7-11,13,15H2,1-3H3,(H,27,32). The summed E-state index contributed by atoms with van der Waals surface area (Å²) in [5, 5.41) is 7.10. The van der Waals surface area contributed by atoms with Gasteiger partial charge in [-0.1, -0.05) is 18.1 Å². The maximum Gasteiger partial charge on any atom is 0.270 e. The average Bonchev–Trinajstić information content (AvgIpc) is 3.32. The second-order valence-corrected chi connectivity index (χ2v) is 8.92. The van der Waals surface area contributed by atoms with E-state index < -0.39 is 5.82 Å². The van der Waals surface area contributed by atoms with Crippen LogP contribution in [0.3, 0.4) is 0 Å². The third kappa shape index (κ3) is 5.88. The van der Waals surface area contributed by atoms with Gasteiger partial charge >= 0.3 is 0 Å². The lowest BCUT2D eigenvalue weighted by Gasteiger charge is -2.31. The van der Waals surface area contributed by atoms with Gasteiger partial charge in [0.25, 0.3) is 5.91 Å². The number of carbonyl (C=O) groups excluding carboxylic acids is 1. The lowest BCUT2D eigenvalue weighted by molar-refractivity contribution is 0.0538. The minimum Gasteiger partial charge on any atom is -0.494 e. The van der Waals surface area contributed by atoms with Crippen LogP contribution in [0.25, 0.3) is 0 Å². The number of ether oxygens (including phenoxy) is 1. The number of likely N-dealkylation sites (tertiary alicyclic amines) is 1. The van der Waals surface area contributed by atoms with Gasteiger partial charge in [0.05, 0.1) is 12.8 Å². The molecule has 0 saturated carbocycles. The first-order valence-electron chi connectivity index (χ1n) is 11.9. The van der Waals surface area contributed by atoms with Crippen LogP contribution < -0.4 is 10.1 Å². The van der Waals surface area contributed by atoms with Crippen LogP contribution in [0, 0.1) is 18.7 Å². The third-order valence-corrected chi connectivity index (χ3v) is 6.52. The van der Waals surface area contributed by atoms with E-state index in [1.54, 1.807) is 25.1 Å².